The van der Waals surface area contributed by atoms with Crippen LogP contribution in [0.5, 0.6) is 0 Å². The average molecular weight is 404 g/mol. The molecule has 1 N–H and O–H groups in total. The minimum Gasteiger partial charge on any atom is -0.481 e. The topological polar surface area (TPSA) is 72.8 Å². The summed E-state index contributed by atoms with van der Waals surface area (Å²) in [5.41, 5.74) is 0. The molecule has 8 heteroatoms. The van der Waals surface area contributed by atoms with Crippen LogP contribution < -0.4 is 0 Å². The third-order valence-electron chi connectivity index (χ3n) is 3.22. The zero-order chi connectivity index (χ0) is 18.4. The number of carbonyl (C=O) groups is 2. The first-order valence-electron chi connectivity index (χ1n) is 7.97. The zero-order valence-corrected chi connectivity index (χ0v) is 15.9. The van der Waals surface area contributed by atoms with Crippen LogP contribution in [0.2, 0.25) is 0 Å². The average Bonchev–Trinajstić information content (AvgIpc) is 2.47. The van der Waals surface area contributed by atoms with Crippen LogP contribution in [-0.4, -0.2) is 33.7 Å². The van der Waals surface area contributed by atoms with Gasteiger partial charge in [-0.05, 0) is 44.9 Å². The Morgan fingerprint density at radius 1 is 1.08 bits per heavy atom. The zero-order valence-electron chi connectivity index (χ0n) is 13.6. The fourth-order valence-corrected chi connectivity index (χ4v) is 2.22. The normalized spacial score (nSPS) is 12.5. The van der Waals surface area contributed by atoms with Crippen molar-refractivity contribution < 1.29 is 24.2 Å². The van der Waals surface area contributed by atoms with E-state index >= 15 is 0 Å². The SMILES string of the molecule is C=CCCCCC(CCCCCC(=O)O)OC(=O)OCC(Cl)(Cl)Cl. The van der Waals surface area contributed by atoms with E-state index < -0.39 is 15.9 Å². The second-order valence-corrected chi connectivity index (χ2v) is 7.98. The van der Waals surface area contributed by atoms with Gasteiger partial charge in [0.25, 0.3) is 0 Å². The lowest BCUT2D eigenvalue weighted by Crippen LogP contribution is -2.23. The largest absolute Gasteiger partial charge is 0.508 e. The molecular formula is C16H25Cl3O5. The quantitative estimate of drug-likeness (QED) is 0.186. The van der Waals surface area contributed by atoms with Gasteiger partial charge in [0.1, 0.15) is 12.7 Å². The van der Waals surface area contributed by atoms with E-state index in [2.05, 4.69) is 6.58 Å². The fraction of sp³-hybridized carbons (Fsp3) is 0.750. The summed E-state index contributed by atoms with van der Waals surface area (Å²) < 4.78 is 8.38. The Hall–Kier alpha value is -0.650. The van der Waals surface area contributed by atoms with Crippen molar-refractivity contribution in [3.8, 4) is 0 Å². The number of ether oxygens (including phenoxy) is 2. The summed E-state index contributed by atoms with van der Waals surface area (Å²) in [6.07, 6.45) is 7.11. The first-order valence-corrected chi connectivity index (χ1v) is 9.11. The lowest BCUT2D eigenvalue weighted by molar-refractivity contribution is -0.137. The van der Waals surface area contributed by atoms with Gasteiger partial charge in [-0.2, -0.15) is 0 Å². The molecule has 0 aromatic rings. The van der Waals surface area contributed by atoms with E-state index in [-0.39, 0.29) is 19.1 Å². The van der Waals surface area contributed by atoms with Crippen molar-refractivity contribution in [1.29, 1.82) is 0 Å². The van der Waals surface area contributed by atoms with E-state index in [0.717, 1.165) is 32.1 Å². The van der Waals surface area contributed by atoms with Gasteiger partial charge in [-0.3, -0.25) is 4.79 Å². The molecule has 0 heterocycles. The molecule has 0 aliphatic carbocycles. The van der Waals surface area contributed by atoms with E-state index in [0.29, 0.717) is 19.3 Å². The van der Waals surface area contributed by atoms with Crippen LogP contribution in [0.25, 0.3) is 0 Å². The maximum Gasteiger partial charge on any atom is 0.508 e. The summed E-state index contributed by atoms with van der Waals surface area (Å²) in [6.45, 7) is 3.29. The molecule has 1 atom stereocenters. The van der Waals surface area contributed by atoms with Crippen molar-refractivity contribution >= 4 is 46.9 Å². The van der Waals surface area contributed by atoms with Crippen LogP contribution >= 0.6 is 34.8 Å². The number of hydrogen-bond donors (Lipinski definition) is 1. The summed E-state index contributed by atoms with van der Waals surface area (Å²) in [6, 6.07) is 0. The Labute approximate surface area is 158 Å². The number of alkyl halides is 3. The molecule has 0 aliphatic rings. The van der Waals surface area contributed by atoms with Gasteiger partial charge in [0.15, 0.2) is 0 Å². The van der Waals surface area contributed by atoms with Crippen molar-refractivity contribution in [3.05, 3.63) is 12.7 Å². The molecule has 0 spiro atoms. The molecule has 0 aliphatic heterocycles. The third-order valence-corrected chi connectivity index (χ3v) is 3.54. The monoisotopic (exact) mass is 402 g/mol. The van der Waals surface area contributed by atoms with Gasteiger partial charge in [0.05, 0.1) is 0 Å². The fourth-order valence-electron chi connectivity index (χ4n) is 2.06. The molecule has 1 unspecified atom stereocenters. The molecule has 0 rings (SSSR count). The lowest BCUT2D eigenvalue weighted by Gasteiger charge is -2.18. The van der Waals surface area contributed by atoms with Crippen molar-refractivity contribution in [2.75, 3.05) is 6.61 Å². The van der Waals surface area contributed by atoms with E-state index in [1.807, 2.05) is 6.08 Å². The summed E-state index contributed by atoms with van der Waals surface area (Å²) in [4.78, 5) is 22.1. The predicted molar refractivity (Wildman–Crippen MR) is 95.9 cm³/mol. The number of hydrogen-bond acceptors (Lipinski definition) is 4. The number of unbranched alkanes of at least 4 members (excludes halogenated alkanes) is 4. The Morgan fingerprint density at radius 3 is 2.25 bits per heavy atom. The molecule has 24 heavy (non-hydrogen) atoms. The van der Waals surface area contributed by atoms with E-state index in [1.165, 1.54) is 0 Å². The summed E-state index contributed by atoms with van der Waals surface area (Å²) in [5.74, 6) is -0.803. The highest BCUT2D eigenvalue weighted by molar-refractivity contribution is 6.67. The van der Waals surface area contributed by atoms with Crippen LogP contribution in [0.3, 0.4) is 0 Å². The number of carboxylic acids is 1. The maximum atomic E-state index is 11.7. The standard InChI is InChI=1S/C16H25Cl3O5/c1-2-3-4-6-9-13(10-7-5-8-11-14(20)21)24-15(22)23-12-16(17,18)19/h2,13H,1,3-12H2,(H,20,21). The highest BCUT2D eigenvalue weighted by atomic mass is 35.6. The van der Waals surface area contributed by atoms with Gasteiger partial charge in [-0.25, -0.2) is 4.79 Å². The Kier molecular flexibility index (Phi) is 13.3. The van der Waals surface area contributed by atoms with Crippen molar-refractivity contribution in [3.63, 3.8) is 0 Å². The van der Waals surface area contributed by atoms with Gasteiger partial charge >= 0.3 is 12.1 Å². The first kappa shape index (κ1) is 23.4. The van der Waals surface area contributed by atoms with Crippen molar-refractivity contribution in [2.24, 2.45) is 0 Å². The van der Waals surface area contributed by atoms with E-state index in [4.69, 9.17) is 49.4 Å². The lowest BCUT2D eigenvalue weighted by atomic mass is 10.0. The number of halogens is 3. The number of allylic oxidation sites excluding steroid dienone is 1. The number of aliphatic carboxylic acids is 1. The molecule has 5 nitrogen and oxygen atoms in total. The molecule has 0 aromatic carbocycles. The van der Waals surface area contributed by atoms with Crippen LogP contribution in [0.4, 0.5) is 4.79 Å². The third kappa shape index (κ3) is 16.2. The van der Waals surface area contributed by atoms with Gasteiger partial charge in [-0.1, -0.05) is 47.3 Å². The predicted octanol–water partition coefficient (Wildman–Crippen LogP) is 5.66. The Morgan fingerprint density at radius 2 is 1.71 bits per heavy atom. The van der Waals surface area contributed by atoms with Gasteiger partial charge in [0, 0.05) is 6.42 Å². The molecule has 0 saturated heterocycles. The van der Waals surface area contributed by atoms with Crippen molar-refractivity contribution in [1.82, 2.24) is 0 Å². The van der Waals surface area contributed by atoms with Gasteiger partial charge in [-0.15, -0.1) is 6.58 Å². The second-order valence-electron chi connectivity index (χ2n) is 5.46. The first-order chi connectivity index (χ1) is 11.2. The Bertz CT molecular complexity index is 382. The molecule has 0 aromatic heterocycles. The van der Waals surface area contributed by atoms with E-state index in [1.54, 1.807) is 0 Å². The number of carbonyl (C=O) groups excluding carboxylic acids is 1. The van der Waals surface area contributed by atoms with Crippen LogP contribution in [0.1, 0.15) is 57.8 Å². The van der Waals surface area contributed by atoms with Crippen LogP contribution in [0, 0.1) is 0 Å². The number of rotatable bonds is 13. The minimum atomic E-state index is -1.67. The highest BCUT2D eigenvalue weighted by Crippen LogP contribution is 2.26. The van der Waals surface area contributed by atoms with E-state index in [9.17, 15) is 9.59 Å². The summed E-state index contributed by atoms with van der Waals surface area (Å²) >= 11 is 16.6. The molecule has 0 saturated carbocycles. The van der Waals surface area contributed by atoms with Crippen molar-refractivity contribution in [2.45, 2.75) is 67.7 Å². The van der Waals surface area contributed by atoms with Gasteiger partial charge in [0.2, 0.25) is 3.79 Å². The highest BCUT2D eigenvalue weighted by Gasteiger charge is 2.24. The Balaban J connectivity index is 4.17. The summed E-state index contributed by atoms with van der Waals surface area (Å²) in [7, 11) is 0. The summed E-state index contributed by atoms with van der Waals surface area (Å²) in [5, 5.41) is 8.61. The molecule has 0 amide bonds. The molecule has 0 fully saturated rings. The number of carboxylic acid groups (broad SMARTS) is 1. The van der Waals surface area contributed by atoms with Gasteiger partial charge < -0.3 is 14.6 Å². The molecule has 0 bridgehead atoms. The molecular weight excluding hydrogens is 379 g/mol. The second kappa shape index (κ2) is 13.6. The van der Waals surface area contributed by atoms with Crippen LogP contribution in [-0.2, 0) is 14.3 Å². The molecule has 140 valence electrons. The maximum absolute atomic E-state index is 11.7. The smallest absolute Gasteiger partial charge is 0.481 e. The minimum absolute atomic E-state index is 0.149. The molecule has 0 radical (unpaired) electrons. The van der Waals surface area contributed by atoms with Crippen LogP contribution in [0.15, 0.2) is 12.7 Å².